The van der Waals surface area contributed by atoms with E-state index in [2.05, 4.69) is 0 Å². The molecule has 1 heterocycles. The van der Waals surface area contributed by atoms with Crippen molar-refractivity contribution in [2.75, 3.05) is 19.7 Å². The zero-order valence-electron chi connectivity index (χ0n) is 9.23. The van der Waals surface area contributed by atoms with Crippen LogP contribution in [0.2, 0.25) is 0 Å². The van der Waals surface area contributed by atoms with Crippen molar-refractivity contribution in [1.82, 2.24) is 4.90 Å². The van der Waals surface area contributed by atoms with Gasteiger partial charge in [0.05, 0.1) is 12.5 Å². The molecule has 1 amide bonds. The van der Waals surface area contributed by atoms with Gasteiger partial charge in [-0.1, -0.05) is 0 Å². The minimum absolute atomic E-state index is 0.123. The van der Waals surface area contributed by atoms with Crippen LogP contribution in [0.4, 0.5) is 0 Å². The van der Waals surface area contributed by atoms with Gasteiger partial charge >= 0.3 is 5.97 Å². The average molecular weight is 214 g/mol. The van der Waals surface area contributed by atoms with Crippen LogP contribution in [0.1, 0.15) is 20.3 Å². The van der Waals surface area contributed by atoms with Crippen LogP contribution in [0.5, 0.6) is 0 Å². The predicted molar refractivity (Wildman–Crippen MR) is 55.0 cm³/mol. The first-order valence-electron chi connectivity index (χ1n) is 5.26. The molecule has 2 unspecified atom stereocenters. The maximum absolute atomic E-state index is 11.4. The molecule has 1 aliphatic rings. The number of carbonyl (C=O) groups is 2. The molecule has 0 aliphatic carbocycles. The van der Waals surface area contributed by atoms with Crippen molar-refractivity contribution >= 4 is 11.9 Å². The quantitative estimate of drug-likeness (QED) is 0.655. The van der Waals surface area contributed by atoms with Crippen LogP contribution in [0.25, 0.3) is 0 Å². The van der Waals surface area contributed by atoms with Gasteiger partial charge in [0.25, 0.3) is 0 Å². The third kappa shape index (κ3) is 2.92. The van der Waals surface area contributed by atoms with Gasteiger partial charge in [0.15, 0.2) is 0 Å². The lowest BCUT2D eigenvalue weighted by molar-refractivity contribution is -0.148. The number of hydrogen-bond donors (Lipinski definition) is 1. The summed E-state index contributed by atoms with van der Waals surface area (Å²) in [4.78, 5) is 24.3. The molecule has 0 aromatic rings. The van der Waals surface area contributed by atoms with E-state index in [1.165, 1.54) is 0 Å². The van der Waals surface area contributed by atoms with Crippen molar-refractivity contribution < 1.29 is 14.3 Å². The Morgan fingerprint density at radius 2 is 2.27 bits per heavy atom. The Balaban J connectivity index is 2.46. The Labute approximate surface area is 89.6 Å². The molecule has 0 aromatic carbocycles. The van der Waals surface area contributed by atoms with E-state index in [1.807, 2.05) is 4.90 Å². The van der Waals surface area contributed by atoms with E-state index in [0.717, 1.165) is 13.0 Å². The van der Waals surface area contributed by atoms with E-state index in [-0.39, 0.29) is 23.8 Å². The molecule has 1 aliphatic heterocycles. The lowest BCUT2D eigenvalue weighted by atomic mass is 10.1. The number of nitrogens with zero attached hydrogens (tertiary/aromatic N) is 1. The maximum Gasteiger partial charge on any atom is 0.323 e. The normalized spacial score (nSPS) is 23.7. The minimum Gasteiger partial charge on any atom is -0.465 e. The van der Waals surface area contributed by atoms with Crippen LogP contribution in [0, 0.1) is 5.92 Å². The fourth-order valence-electron chi connectivity index (χ4n) is 1.78. The van der Waals surface area contributed by atoms with Crippen molar-refractivity contribution in [3.63, 3.8) is 0 Å². The van der Waals surface area contributed by atoms with Crippen molar-refractivity contribution in [2.45, 2.75) is 26.3 Å². The first-order chi connectivity index (χ1) is 7.06. The van der Waals surface area contributed by atoms with Crippen LogP contribution < -0.4 is 5.73 Å². The molecule has 86 valence electrons. The van der Waals surface area contributed by atoms with Gasteiger partial charge in [-0.25, -0.2) is 0 Å². The van der Waals surface area contributed by atoms with E-state index in [1.54, 1.807) is 13.8 Å². The van der Waals surface area contributed by atoms with Gasteiger partial charge in [-0.2, -0.15) is 0 Å². The maximum atomic E-state index is 11.4. The second-order valence-electron chi connectivity index (χ2n) is 3.81. The Bertz CT molecular complexity index is 255. The molecule has 2 N–H and O–H groups in total. The number of hydrogen-bond acceptors (Lipinski definition) is 4. The smallest absolute Gasteiger partial charge is 0.323 e. The van der Waals surface area contributed by atoms with Gasteiger partial charge in [-0.05, 0) is 26.8 Å². The van der Waals surface area contributed by atoms with Gasteiger partial charge < -0.3 is 10.5 Å². The number of esters is 1. The van der Waals surface area contributed by atoms with E-state index in [9.17, 15) is 9.59 Å². The standard InChI is InChI=1S/C10H18N2O3/c1-3-15-10(14)7(2)12-5-4-8(6-12)9(11)13/h7-8H,3-6H2,1-2H3,(H2,11,13). The number of rotatable bonds is 4. The molecule has 5 heteroatoms. The molecule has 0 bridgehead atoms. The van der Waals surface area contributed by atoms with Gasteiger partial charge in [-0.15, -0.1) is 0 Å². The number of carbonyl (C=O) groups excluding carboxylic acids is 2. The first kappa shape index (κ1) is 12.0. The fourth-order valence-corrected chi connectivity index (χ4v) is 1.78. The summed E-state index contributed by atoms with van der Waals surface area (Å²) < 4.78 is 4.92. The van der Waals surface area contributed by atoms with E-state index < -0.39 is 0 Å². The van der Waals surface area contributed by atoms with Gasteiger partial charge in [-0.3, -0.25) is 14.5 Å². The zero-order valence-corrected chi connectivity index (χ0v) is 9.23. The fraction of sp³-hybridized carbons (Fsp3) is 0.800. The summed E-state index contributed by atoms with van der Waals surface area (Å²) in [7, 11) is 0. The lowest BCUT2D eigenvalue weighted by Crippen LogP contribution is -2.39. The Morgan fingerprint density at radius 1 is 1.60 bits per heavy atom. The highest BCUT2D eigenvalue weighted by Gasteiger charge is 2.32. The highest BCUT2D eigenvalue weighted by Crippen LogP contribution is 2.18. The lowest BCUT2D eigenvalue weighted by Gasteiger charge is -2.21. The van der Waals surface area contributed by atoms with Crippen molar-refractivity contribution in [2.24, 2.45) is 11.7 Å². The summed E-state index contributed by atoms with van der Waals surface area (Å²) in [5.74, 6) is -0.641. The van der Waals surface area contributed by atoms with Crippen molar-refractivity contribution in [3.8, 4) is 0 Å². The zero-order chi connectivity index (χ0) is 11.4. The Morgan fingerprint density at radius 3 is 2.73 bits per heavy atom. The average Bonchev–Trinajstić information content (AvgIpc) is 2.65. The Hall–Kier alpha value is -1.10. The molecular weight excluding hydrogens is 196 g/mol. The third-order valence-corrected chi connectivity index (χ3v) is 2.80. The van der Waals surface area contributed by atoms with E-state index in [0.29, 0.717) is 13.2 Å². The van der Waals surface area contributed by atoms with E-state index in [4.69, 9.17) is 10.5 Å². The van der Waals surface area contributed by atoms with Gasteiger partial charge in [0.2, 0.25) is 5.91 Å². The number of nitrogens with two attached hydrogens (primary N) is 1. The largest absolute Gasteiger partial charge is 0.465 e. The molecule has 1 saturated heterocycles. The van der Waals surface area contributed by atoms with Crippen molar-refractivity contribution in [3.05, 3.63) is 0 Å². The van der Waals surface area contributed by atoms with Crippen LogP contribution in [0.15, 0.2) is 0 Å². The second-order valence-corrected chi connectivity index (χ2v) is 3.81. The summed E-state index contributed by atoms with van der Waals surface area (Å²) in [6.07, 6.45) is 0.735. The molecular formula is C10H18N2O3. The van der Waals surface area contributed by atoms with Crippen LogP contribution in [-0.4, -0.2) is 42.5 Å². The molecule has 5 nitrogen and oxygen atoms in total. The van der Waals surface area contributed by atoms with Gasteiger partial charge in [0.1, 0.15) is 6.04 Å². The topological polar surface area (TPSA) is 72.6 Å². The highest BCUT2D eigenvalue weighted by molar-refractivity contribution is 5.78. The number of likely N-dealkylation sites (tertiary alicyclic amines) is 1. The SMILES string of the molecule is CCOC(=O)C(C)N1CCC(C(N)=O)C1. The number of amides is 1. The molecule has 0 spiro atoms. The predicted octanol–water partition coefficient (Wildman–Crippen LogP) is -0.255. The summed E-state index contributed by atoms with van der Waals surface area (Å²) in [5, 5.41) is 0. The summed E-state index contributed by atoms with van der Waals surface area (Å²) >= 11 is 0. The van der Waals surface area contributed by atoms with Crippen LogP contribution in [0.3, 0.4) is 0 Å². The number of ether oxygens (including phenoxy) is 1. The van der Waals surface area contributed by atoms with E-state index >= 15 is 0 Å². The summed E-state index contributed by atoms with van der Waals surface area (Å²) in [6, 6.07) is -0.283. The minimum atomic E-state index is -0.284. The molecule has 1 rings (SSSR count). The molecule has 0 saturated carbocycles. The molecule has 0 aromatic heterocycles. The number of primary amides is 1. The molecule has 0 radical (unpaired) electrons. The highest BCUT2D eigenvalue weighted by atomic mass is 16.5. The van der Waals surface area contributed by atoms with Crippen molar-refractivity contribution in [1.29, 1.82) is 0 Å². The first-order valence-corrected chi connectivity index (χ1v) is 5.26. The monoisotopic (exact) mass is 214 g/mol. The molecule has 1 fully saturated rings. The van der Waals surface area contributed by atoms with Crippen LogP contribution >= 0.6 is 0 Å². The second kappa shape index (κ2) is 5.11. The van der Waals surface area contributed by atoms with Crippen LogP contribution in [-0.2, 0) is 14.3 Å². The molecule has 15 heavy (non-hydrogen) atoms. The summed E-state index contributed by atoms with van der Waals surface area (Å²) in [5.41, 5.74) is 5.21. The third-order valence-electron chi connectivity index (χ3n) is 2.80. The molecule has 2 atom stereocenters. The van der Waals surface area contributed by atoms with Gasteiger partial charge in [0, 0.05) is 6.54 Å². The summed E-state index contributed by atoms with van der Waals surface area (Å²) in [6.45, 7) is 5.25. The Kier molecular flexibility index (Phi) is 4.08.